The molecule has 0 N–H and O–H groups in total. The number of alkyl halides is 1. The quantitative estimate of drug-likeness (QED) is 0.540. The molecule has 1 aromatic carbocycles. The van der Waals surface area contributed by atoms with Crippen LogP contribution in [-0.4, -0.2) is 7.11 Å². The van der Waals surface area contributed by atoms with Crippen LogP contribution < -0.4 is 4.74 Å². The first-order valence-electron chi connectivity index (χ1n) is 4.29. The zero-order valence-electron chi connectivity index (χ0n) is 7.46. The number of halogens is 1. The van der Waals surface area contributed by atoms with Crippen molar-refractivity contribution in [2.45, 2.75) is 11.2 Å². The first-order valence-corrected chi connectivity index (χ1v) is 5.20. The fraction of sp³-hybridized carbons (Fsp3) is 0.273. The smallest absolute Gasteiger partial charge is 0.119 e. The molecule has 0 saturated heterocycles. The molecular formula is C11H11BrO. The Morgan fingerprint density at radius 1 is 1.46 bits per heavy atom. The second kappa shape index (κ2) is 3.54. The molecule has 1 aromatic rings. The SMILES string of the molecule is COc1ccc2c(c1)CC=CC2Br. The van der Waals surface area contributed by atoms with Gasteiger partial charge in [-0.25, -0.2) is 0 Å². The Morgan fingerprint density at radius 3 is 3.08 bits per heavy atom. The van der Waals surface area contributed by atoms with Crippen molar-refractivity contribution in [2.75, 3.05) is 7.11 Å². The van der Waals surface area contributed by atoms with Crippen LogP contribution in [0.2, 0.25) is 0 Å². The Balaban J connectivity index is 2.43. The van der Waals surface area contributed by atoms with Crippen molar-refractivity contribution in [2.24, 2.45) is 0 Å². The Bertz CT molecular complexity index is 344. The van der Waals surface area contributed by atoms with Gasteiger partial charge in [-0.2, -0.15) is 0 Å². The Labute approximate surface area is 86.5 Å². The maximum absolute atomic E-state index is 5.18. The normalized spacial score (nSPS) is 19.7. The molecule has 0 aliphatic heterocycles. The summed E-state index contributed by atoms with van der Waals surface area (Å²) in [5, 5.41) is 0. The predicted molar refractivity (Wildman–Crippen MR) is 57.5 cm³/mol. The van der Waals surface area contributed by atoms with Crippen molar-refractivity contribution >= 4 is 15.9 Å². The van der Waals surface area contributed by atoms with E-state index in [2.05, 4.69) is 40.2 Å². The summed E-state index contributed by atoms with van der Waals surface area (Å²) in [7, 11) is 1.70. The first-order chi connectivity index (χ1) is 6.31. The Morgan fingerprint density at radius 2 is 2.31 bits per heavy atom. The fourth-order valence-electron chi connectivity index (χ4n) is 1.57. The molecule has 0 heterocycles. The highest BCUT2D eigenvalue weighted by Crippen LogP contribution is 2.33. The Hall–Kier alpha value is -0.760. The molecule has 1 nitrogen and oxygen atoms in total. The van der Waals surface area contributed by atoms with E-state index in [-0.39, 0.29) is 0 Å². The van der Waals surface area contributed by atoms with Crippen molar-refractivity contribution in [1.29, 1.82) is 0 Å². The minimum atomic E-state index is 0.363. The van der Waals surface area contributed by atoms with Crippen molar-refractivity contribution in [3.63, 3.8) is 0 Å². The topological polar surface area (TPSA) is 9.23 Å². The van der Waals surface area contributed by atoms with Crippen LogP contribution in [0.5, 0.6) is 5.75 Å². The fourth-order valence-corrected chi connectivity index (χ4v) is 2.24. The molecule has 2 rings (SSSR count). The average Bonchev–Trinajstić information content (AvgIpc) is 2.18. The number of allylic oxidation sites excluding steroid dienone is 2. The Kier molecular flexibility index (Phi) is 2.40. The lowest BCUT2D eigenvalue weighted by Crippen LogP contribution is -1.99. The van der Waals surface area contributed by atoms with Crippen LogP contribution in [0.4, 0.5) is 0 Å². The summed E-state index contributed by atoms with van der Waals surface area (Å²) < 4.78 is 5.18. The van der Waals surface area contributed by atoms with Crippen molar-refractivity contribution in [3.05, 3.63) is 41.5 Å². The number of benzene rings is 1. The minimum absolute atomic E-state index is 0.363. The molecule has 0 saturated carbocycles. The van der Waals surface area contributed by atoms with Gasteiger partial charge in [0.05, 0.1) is 11.9 Å². The summed E-state index contributed by atoms with van der Waals surface area (Å²) in [6.07, 6.45) is 5.37. The van der Waals surface area contributed by atoms with Crippen LogP contribution in [0.15, 0.2) is 30.4 Å². The van der Waals surface area contributed by atoms with Crippen LogP contribution in [0, 0.1) is 0 Å². The van der Waals surface area contributed by atoms with Gasteiger partial charge < -0.3 is 4.74 Å². The standard InChI is InChI=1S/C11H11BrO/c1-13-9-5-6-10-8(7-9)3-2-4-11(10)12/h2,4-7,11H,3H2,1H3. The van der Waals surface area contributed by atoms with Gasteiger partial charge in [-0.15, -0.1) is 0 Å². The number of hydrogen-bond acceptors (Lipinski definition) is 1. The second-order valence-electron chi connectivity index (χ2n) is 3.10. The summed E-state index contributed by atoms with van der Waals surface area (Å²) in [4.78, 5) is 0.363. The maximum atomic E-state index is 5.18. The van der Waals surface area contributed by atoms with Gasteiger partial charge in [0.15, 0.2) is 0 Å². The monoisotopic (exact) mass is 238 g/mol. The van der Waals surface area contributed by atoms with E-state index in [9.17, 15) is 0 Å². The zero-order chi connectivity index (χ0) is 9.26. The summed E-state index contributed by atoms with van der Waals surface area (Å²) in [6.45, 7) is 0. The van der Waals surface area contributed by atoms with E-state index in [1.54, 1.807) is 7.11 Å². The van der Waals surface area contributed by atoms with Crippen LogP contribution in [0.3, 0.4) is 0 Å². The highest BCUT2D eigenvalue weighted by atomic mass is 79.9. The summed E-state index contributed by atoms with van der Waals surface area (Å²) in [5.74, 6) is 0.939. The van der Waals surface area contributed by atoms with Gasteiger partial charge in [0, 0.05) is 0 Å². The molecule has 0 bridgehead atoms. The van der Waals surface area contributed by atoms with E-state index in [0.29, 0.717) is 4.83 Å². The number of rotatable bonds is 1. The van der Waals surface area contributed by atoms with E-state index >= 15 is 0 Å². The summed E-state index contributed by atoms with van der Waals surface area (Å²) in [5.41, 5.74) is 2.70. The molecule has 0 radical (unpaired) electrons. The van der Waals surface area contributed by atoms with Crippen molar-refractivity contribution in [3.8, 4) is 5.75 Å². The molecule has 1 unspecified atom stereocenters. The molecule has 0 aromatic heterocycles. The van der Waals surface area contributed by atoms with Gasteiger partial charge in [-0.3, -0.25) is 0 Å². The second-order valence-corrected chi connectivity index (χ2v) is 4.09. The summed E-state index contributed by atoms with van der Waals surface area (Å²) in [6, 6.07) is 6.23. The average molecular weight is 239 g/mol. The first kappa shape index (κ1) is 8.82. The lowest BCUT2D eigenvalue weighted by Gasteiger charge is -2.16. The van der Waals surface area contributed by atoms with Crippen molar-refractivity contribution in [1.82, 2.24) is 0 Å². The van der Waals surface area contributed by atoms with E-state index in [1.165, 1.54) is 11.1 Å². The van der Waals surface area contributed by atoms with Gasteiger partial charge in [0.1, 0.15) is 5.75 Å². The van der Waals surface area contributed by atoms with E-state index in [0.717, 1.165) is 12.2 Å². The highest BCUT2D eigenvalue weighted by molar-refractivity contribution is 9.09. The molecule has 0 amide bonds. The highest BCUT2D eigenvalue weighted by Gasteiger charge is 2.13. The molecule has 0 spiro atoms. The molecular weight excluding hydrogens is 228 g/mol. The van der Waals surface area contributed by atoms with Gasteiger partial charge in [0.25, 0.3) is 0 Å². The number of methoxy groups -OCH3 is 1. The summed E-state index contributed by atoms with van der Waals surface area (Å²) >= 11 is 3.61. The molecule has 68 valence electrons. The van der Waals surface area contributed by atoms with Crippen LogP contribution in [0.1, 0.15) is 16.0 Å². The van der Waals surface area contributed by atoms with Crippen LogP contribution in [-0.2, 0) is 6.42 Å². The van der Waals surface area contributed by atoms with E-state index in [1.807, 2.05) is 6.07 Å². The molecule has 13 heavy (non-hydrogen) atoms. The minimum Gasteiger partial charge on any atom is -0.497 e. The van der Waals surface area contributed by atoms with Gasteiger partial charge in [0.2, 0.25) is 0 Å². The van der Waals surface area contributed by atoms with Gasteiger partial charge in [-0.1, -0.05) is 34.1 Å². The van der Waals surface area contributed by atoms with Gasteiger partial charge >= 0.3 is 0 Å². The third-order valence-electron chi connectivity index (χ3n) is 2.29. The van der Waals surface area contributed by atoms with Crippen LogP contribution >= 0.6 is 15.9 Å². The third-order valence-corrected chi connectivity index (χ3v) is 3.09. The molecule has 0 fully saturated rings. The molecule has 2 heteroatoms. The predicted octanol–water partition coefficient (Wildman–Crippen LogP) is 3.24. The maximum Gasteiger partial charge on any atom is 0.119 e. The van der Waals surface area contributed by atoms with Crippen molar-refractivity contribution < 1.29 is 4.74 Å². The molecule has 1 aliphatic rings. The third kappa shape index (κ3) is 1.63. The molecule has 1 aliphatic carbocycles. The lowest BCUT2D eigenvalue weighted by atomic mass is 9.97. The largest absolute Gasteiger partial charge is 0.497 e. The van der Waals surface area contributed by atoms with E-state index < -0.39 is 0 Å². The van der Waals surface area contributed by atoms with E-state index in [4.69, 9.17) is 4.74 Å². The lowest BCUT2D eigenvalue weighted by molar-refractivity contribution is 0.414. The number of fused-ring (bicyclic) bond motifs is 1. The van der Waals surface area contributed by atoms with Crippen LogP contribution in [0.25, 0.3) is 0 Å². The zero-order valence-corrected chi connectivity index (χ0v) is 9.04. The number of hydrogen-bond donors (Lipinski definition) is 0. The molecule has 1 atom stereocenters. The van der Waals surface area contributed by atoms with Gasteiger partial charge in [-0.05, 0) is 29.7 Å². The number of ether oxygens (including phenoxy) is 1.